The van der Waals surface area contributed by atoms with Gasteiger partial charge in [0.25, 0.3) is 0 Å². The number of rotatable bonds is 4. The third-order valence-electron chi connectivity index (χ3n) is 3.19. The van der Waals surface area contributed by atoms with E-state index in [4.69, 9.17) is 9.47 Å². The second-order valence-electron chi connectivity index (χ2n) is 4.77. The molecule has 2 heterocycles. The van der Waals surface area contributed by atoms with E-state index in [0.717, 1.165) is 17.0 Å². The first-order valence-corrected chi connectivity index (χ1v) is 6.90. The number of aryl methyl sites for hydroxylation is 1. The van der Waals surface area contributed by atoms with E-state index in [1.165, 1.54) is 0 Å². The number of aromatic nitrogens is 1. The van der Waals surface area contributed by atoms with Crippen molar-refractivity contribution in [3.05, 3.63) is 48.3 Å². The monoisotopic (exact) mass is 284 g/mol. The van der Waals surface area contributed by atoms with Gasteiger partial charge >= 0.3 is 0 Å². The van der Waals surface area contributed by atoms with Crippen molar-refractivity contribution in [1.29, 1.82) is 0 Å². The Morgan fingerprint density at radius 2 is 2.05 bits per heavy atom. The molecule has 3 rings (SSSR count). The summed E-state index contributed by atoms with van der Waals surface area (Å²) in [5.74, 6) is 1.36. The number of ether oxygens (including phenoxy) is 2. The fourth-order valence-corrected chi connectivity index (χ4v) is 2.15. The molecule has 0 radical (unpaired) electrons. The van der Waals surface area contributed by atoms with Crippen LogP contribution < -0.4 is 14.8 Å². The van der Waals surface area contributed by atoms with Crippen LogP contribution in [0.25, 0.3) is 0 Å². The van der Waals surface area contributed by atoms with Gasteiger partial charge in [0.1, 0.15) is 13.2 Å². The zero-order chi connectivity index (χ0) is 14.5. The Balaban J connectivity index is 1.57. The fourth-order valence-electron chi connectivity index (χ4n) is 2.15. The Hall–Kier alpha value is -2.56. The number of pyridine rings is 1. The standard InChI is InChI=1S/C16H16N2O3/c19-16(6-3-12-2-1-7-17-11-12)18-13-4-5-14-15(10-13)21-9-8-20-14/h1-2,4-5,7,10-11H,3,6,8-9H2,(H,18,19). The van der Waals surface area contributed by atoms with E-state index in [2.05, 4.69) is 10.3 Å². The molecule has 0 saturated carbocycles. The maximum absolute atomic E-state index is 12.0. The van der Waals surface area contributed by atoms with Gasteiger partial charge in [-0.05, 0) is 30.2 Å². The lowest BCUT2D eigenvalue weighted by Gasteiger charge is -2.19. The Morgan fingerprint density at radius 1 is 1.19 bits per heavy atom. The highest BCUT2D eigenvalue weighted by molar-refractivity contribution is 5.91. The van der Waals surface area contributed by atoms with Crippen LogP contribution in [0.2, 0.25) is 0 Å². The minimum atomic E-state index is -0.0319. The van der Waals surface area contributed by atoms with Crippen molar-refractivity contribution in [2.24, 2.45) is 0 Å². The smallest absolute Gasteiger partial charge is 0.224 e. The van der Waals surface area contributed by atoms with Crippen LogP contribution in [-0.4, -0.2) is 24.1 Å². The van der Waals surface area contributed by atoms with Crippen molar-refractivity contribution in [3.63, 3.8) is 0 Å². The highest BCUT2D eigenvalue weighted by Crippen LogP contribution is 2.32. The minimum absolute atomic E-state index is 0.0319. The van der Waals surface area contributed by atoms with Crippen LogP contribution in [0.1, 0.15) is 12.0 Å². The number of nitrogens with zero attached hydrogens (tertiary/aromatic N) is 1. The average molecular weight is 284 g/mol. The third-order valence-corrected chi connectivity index (χ3v) is 3.19. The number of carbonyl (C=O) groups is 1. The quantitative estimate of drug-likeness (QED) is 0.936. The van der Waals surface area contributed by atoms with E-state index < -0.39 is 0 Å². The molecule has 5 nitrogen and oxygen atoms in total. The summed E-state index contributed by atoms with van der Waals surface area (Å²) in [5, 5.41) is 2.87. The highest BCUT2D eigenvalue weighted by atomic mass is 16.6. The van der Waals surface area contributed by atoms with Crippen molar-refractivity contribution >= 4 is 11.6 Å². The van der Waals surface area contributed by atoms with Gasteiger partial charge in [-0.25, -0.2) is 0 Å². The normalized spacial score (nSPS) is 12.8. The summed E-state index contributed by atoms with van der Waals surface area (Å²) < 4.78 is 10.9. The van der Waals surface area contributed by atoms with Crippen LogP contribution in [0.4, 0.5) is 5.69 Å². The van der Waals surface area contributed by atoms with E-state index >= 15 is 0 Å². The molecular formula is C16H16N2O3. The molecule has 0 bridgehead atoms. The van der Waals surface area contributed by atoms with Gasteiger partial charge in [0.05, 0.1) is 0 Å². The van der Waals surface area contributed by atoms with Crippen molar-refractivity contribution < 1.29 is 14.3 Å². The molecule has 1 aliphatic heterocycles. The summed E-state index contributed by atoms with van der Waals surface area (Å²) >= 11 is 0. The lowest BCUT2D eigenvalue weighted by Crippen LogP contribution is -2.16. The number of amides is 1. The molecule has 1 N–H and O–H groups in total. The summed E-state index contributed by atoms with van der Waals surface area (Å²) in [6.07, 6.45) is 4.58. The van der Waals surface area contributed by atoms with Crippen molar-refractivity contribution in [3.8, 4) is 11.5 Å². The van der Waals surface area contributed by atoms with Crippen molar-refractivity contribution in [2.45, 2.75) is 12.8 Å². The van der Waals surface area contributed by atoms with E-state index in [1.54, 1.807) is 18.5 Å². The van der Waals surface area contributed by atoms with Crippen molar-refractivity contribution in [2.75, 3.05) is 18.5 Å². The first-order valence-electron chi connectivity index (χ1n) is 6.90. The SMILES string of the molecule is O=C(CCc1cccnc1)Nc1ccc2c(c1)OCCO2. The molecule has 0 unspecified atom stereocenters. The molecule has 1 aliphatic rings. The summed E-state index contributed by atoms with van der Waals surface area (Å²) in [4.78, 5) is 16.0. The first kappa shape index (κ1) is 13.4. The molecule has 0 atom stereocenters. The van der Waals surface area contributed by atoms with Crippen LogP contribution in [0.5, 0.6) is 11.5 Å². The molecule has 5 heteroatoms. The van der Waals surface area contributed by atoms with Crippen molar-refractivity contribution in [1.82, 2.24) is 4.98 Å². The maximum Gasteiger partial charge on any atom is 0.224 e. The molecular weight excluding hydrogens is 268 g/mol. The number of carbonyl (C=O) groups excluding carboxylic acids is 1. The van der Waals surface area contributed by atoms with E-state index in [9.17, 15) is 4.79 Å². The van der Waals surface area contributed by atoms with Gasteiger partial charge in [-0.1, -0.05) is 6.07 Å². The molecule has 2 aromatic rings. The van der Waals surface area contributed by atoms with Gasteiger partial charge in [0.2, 0.25) is 5.91 Å². The predicted molar refractivity (Wildman–Crippen MR) is 78.6 cm³/mol. The summed E-state index contributed by atoms with van der Waals surface area (Å²) in [6.45, 7) is 1.09. The largest absolute Gasteiger partial charge is 0.486 e. The van der Waals surface area contributed by atoms with Gasteiger partial charge in [-0.2, -0.15) is 0 Å². The topological polar surface area (TPSA) is 60.5 Å². The Bertz CT molecular complexity index is 629. The average Bonchev–Trinajstić information content (AvgIpc) is 2.54. The number of benzene rings is 1. The molecule has 108 valence electrons. The number of nitrogens with one attached hydrogen (secondary N) is 1. The van der Waals surface area contributed by atoms with Crippen LogP contribution in [0.15, 0.2) is 42.7 Å². The molecule has 1 aromatic carbocycles. The number of fused-ring (bicyclic) bond motifs is 1. The van der Waals surface area contributed by atoms with Gasteiger partial charge < -0.3 is 14.8 Å². The minimum Gasteiger partial charge on any atom is -0.486 e. The lowest BCUT2D eigenvalue weighted by molar-refractivity contribution is -0.116. The van der Waals surface area contributed by atoms with E-state index in [0.29, 0.717) is 31.8 Å². The molecule has 1 aromatic heterocycles. The highest BCUT2D eigenvalue weighted by Gasteiger charge is 2.12. The predicted octanol–water partition coefficient (Wildman–Crippen LogP) is 2.42. The van der Waals surface area contributed by atoms with Gasteiger partial charge in [-0.3, -0.25) is 9.78 Å². The number of anilines is 1. The molecule has 0 saturated heterocycles. The number of hydrogen-bond acceptors (Lipinski definition) is 4. The third kappa shape index (κ3) is 3.51. The van der Waals surface area contributed by atoms with Crippen LogP contribution >= 0.6 is 0 Å². The van der Waals surface area contributed by atoms with Crippen LogP contribution in [-0.2, 0) is 11.2 Å². The molecule has 21 heavy (non-hydrogen) atoms. The second-order valence-corrected chi connectivity index (χ2v) is 4.77. The molecule has 0 spiro atoms. The number of hydrogen-bond donors (Lipinski definition) is 1. The molecule has 0 aliphatic carbocycles. The van der Waals surface area contributed by atoms with Crippen LogP contribution in [0, 0.1) is 0 Å². The Kier molecular flexibility index (Phi) is 4.00. The fraction of sp³-hybridized carbons (Fsp3) is 0.250. The van der Waals surface area contributed by atoms with Gasteiger partial charge in [0, 0.05) is 30.6 Å². The Morgan fingerprint density at radius 3 is 2.86 bits per heavy atom. The molecule has 0 fully saturated rings. The zero-order valence-corrected chi connectivity index (χ0v) is 11.5. The lowest BCUT2D eigenvalue weighted by atomic mass is 10.1. The second kappa shape index (κ2) is 6.26. The van der Waals surface area contributed by atoms with E-state index in [-0.39, 0.29) is 5.91 Å². The summed E-state index contributed by atoms with van der Waals surface area (Å²) in [6, 6.07) is 9.25. The van der Waals surface area contributed by atoms with Gasteiger partial charge in [-0.15, -0.1) is 0 Å². The molecule has 1 amide bonds. The van der Waals surface area contributed by atoms with Gasteiger partial charge in [0.15, 0.2) is 11.5 Å². The zero-order valence-electron chi connectivity index (χ0n) is 11.5. The summed E-state index contributed by atoms with van der Waals surface area (Å²) in [7, 11) is 0. The van der Waals surface area contributed by atoms with E-state index in [1.807, 2.05) is 24.3 Å². The van der Waals surface area contributed by atoms with Crippen LogP contribution in [0.3, 0.4) is 0 Å². The first-order chi connectivity index (χ1) is 10.3. The Labute approximate surface area is 122 Å². The summed E-state index contributed by atoms with van der Waals surface area (Å²) in [5.41, 5.74) is 1.77. The maximum atomic E-state index is 12.0.